The van der Waals surface area contributed by atoms with E-state index in [1.807, 2.05) is 6.92 Å². The molecule has 3 aliphatic rings. The van der Waals surface area contributed by atoms with Crippen molar-refractivity contribution in [3.05, 3.63) is 12.7 Å². The van der Waals surface area contributed by atoms with Gasteiger partial charge in [-0.25, -0.2) is 0 Å². The van der Waals surface area contributed by atoms with E-state index in [9.17, 15) is 51.1 Å². The molecule has 0 aromatic rings. The molecule has 3 saturated heterocycles. The van der Waals surface area contributed by atoms with Crippen molar-refractivity contribution >= 4 is 0 Å². The zero-order valence-electron chi connectivity index (χ0n) is 22.7. The number of aliphatic hydroxyl groups is 10. The molecule has 0 saturated carbocycles. The topological polar surface area (TPSA) is 258 Å². The van der Waals surface area contributed by atoms with E-state index in [0.29, 0.717) is 6.42 Å². The van der Waals surface area contributed by atoms with E-state index in [4.69, 9.17) is 28.4 Å². The van der Waals surface area contributed by atoms with Crippen molar-refractivity contribution in [2.45, 2.75) is 124 Å². The lowest BCUT2D eigenvalue weighted by Crippen LogP contribution is -2.64. The van der Waals surface area contributed by atoms with Gasteiger partial charge < -0.3 is 79.5 Å². The summed E-state index contributed by atoms with van der Waals surface area (Å²) in [4.78, 5) is 0. The highest BCUT2D eigenvalue weighted by molar-refractivity contribution is 4.93. The van der Waals surface area contributed by atoms with E-state index >= 15 is 0 Å². The standard InChI is InChI=1S/C25H44O16/c1-3-5-6-7-11(4-2)39-24-21(33)19(31)16(28)13(41-24)9-36-23-20(32)18(30)17(29)14(40-23)10-38-25(35)22(34)15(27)12(26)8-37-25/h4,11-24,26-35H,2-3,5-10H2,1H3/t11?,12-,13?,14?,15?,16-,17-,18?,19?,20+,21+,22+,23+,24+,25+/m1/s1. The van der Waals surface area contributed by atoms with Gasteiger partial charge >= 0.3 is 5.97 Å². The van der Waals surface area contributed by atoms with Gasteiger partial charge in [-0.3, -0.25) is 0 Å². The summed E-state index contributed by atoms with van der Waals surface area (Å²) in [7, 11) is 0. The fourth-order valence-corrected chi connectivity index (χ4v) is 4.70. The monoisotopic (exact) mass is 600 g/mol. The van der Waals surface area contributed by atoms with Crippen LogP contribution in [0, 0.1) is 0 Å². The van der Waals surface area contributed by atoms with E-state index in [2.05, 4.69) is 6.58 Å². The number of hydrogen-bond acceptors (Lipinski definition) is 16. The Labute approximate surface area is 236 Å². The quantitative estimate of drug-likeness (QED) is 0.0543. The highest BCUT2D eigenvalue weighted by Gasteiger charge is 2.52. The molecule has 41 heavy (non-hydrogen) atoms. The van der Waals surface area contributed by atoms with Gasteiger partial charge in [-0.15, -0.1) is 6.58 Å². The third-order valence-electron chi connectivity index (χ3n) is 7.43. The summed E-state index contributed by atoms with van der Waals surface area (Å²) >= 11 is 0. The van der Waals surface area contributed by atoms with Crippen LogP contribution in [0.15, 0.2) is 12.7 Å². The van der Waals surface area contributed by atoms with Gasteiger partial charge in [-0.2, -0.15) is 0 Å². The number of unbranched alkanes of at least 4 members (excludes halogenated alkanes) is 2. The lowest BCUT2D eigenvalue weighted by Gasteiger charge is -2.44. The summed E-state index contributed by atoms with van der Waals surface area (Å²) in [5.41, 5.74) is 0. The second-order valence-corrected chi connectivity index (χ2v) is 10.5. The Balaban J connectivity index is 1.60. The van der Waals surface area contributed by atoms with Crippen molar-refractivity contribution in [2.24, 2.45) is 0 Å². The molecule has 0 aromatic carbocycles. The van der Waals surface area contributed by atoms with Crippen molar-refractivity contribution in [3.63, 3.8) is 0 Å². The predicted octanol–water partition coefficient (Wildman–Crippen LogP) is -4.45. The Morgan fingerprint density at radius 3 is 2.00 bits per heavy atom. The summed E-state index contributed by atoms with van der Waals surface area (Å²) in [6.07, 6.45) is -17.1. The Morgan fingerprint density at radius 1 is 0.805 bits per heavy atom. The maximum atomic E-state index is 10.4. The first kappa shape index (κ1) is 34.6. The van der Waals surface area contributed by atoms with E-state index in [1.54, 1.807) is 0 Å². The average Bonchev–Trinajstić information content (AvgIpc) is 2.96. The normalized spacial score (nSPS) is 46.3. The van der Waals surface area contributed by atoms with Crippen molar-refractivity contribution < 1.29 is 79.5 Å². The number of rotatable bonds is 13. The largest absolute Gasteiger partial charge is 0.388 e. The van der Waals surface area contributed by atoms with E-state index < -0.39 is 112 Å². The molecule has 16 heteroatoms. The van der Waals surface area contributed by atoms with Crippen molar-refractivity contribution in [2.75, 3.05) is 19.8 Å². The van der Waals surface area contributed by atoms with Crippen molar-refractivity contribution in [1.82, 2.24) is 0 Å². The summed E-state index contributed by atoms with van der Waals surface area (Å²) in [5.74, 6) is -2.79. The molecule has 0 bridgehead atoms. The molecule has 15 atom stereocenters. The molecule has 10 N–H and O–H groups in total. The second kappa shape index (κ2) is 15.2. The SMILES string of the molecule is C=CC(CCCCC)O[C@H]1OC(CO[C@H]2OC(CO[C@@]3(O)OC[C@@H](O)C(O)[C@@H]3O)[C@@H](O)C(O)[C@@H]2O)[C@@H](O)C(O)[C@@H]1O. The maximum Gasteiger partial charge on any atom is 0.311 e. The molecule has 3 aliphatic heterocycles. The first-order valence-electron chi connectivity index (χ1n) is 13.7. The number of aliphatic hydroxyl groups excluding tert-OH is 9. The molecule has 0 radical (unpaired) electrons. The first-order valence-corrected chi connectivity index (χ1v) is 13.7. The smallest absolute Gasteiger partial charge is 0.311 e. The Morgan fingerprint density at radius 2 is 1.39 bits per heavy atom. The lowest BCUT2D eigenvalue weighted by atomic mass is 9.98. The van der Waals surface area contributed by atoms with E-state index in [1.165, 1.54) is 6.08 Å². The van der Waals surface area contributed by atoms with Gasteiger partial charge in [-0.1, -0.05) is 32.3 Å². The summed E-state index contributed by atoms with van der Waals surface area (Å²) in [5, 5.41) is 102. The second-order valence-electron chi connectivity index (χ2n) is 10.5. The van der Waals surface area contributed by atoms with E-state index in [0.717, 1.165) is 19.3 Å². The van der Waals surface area contributed by atoms with Crippen LogP contribution in [0.1, 0.15) is 32.6 Å². The third-order valence-corrected chi connectivity index (χ3v) is 7.43. The van der Waals surface area contributed by atoms with Crippen LogP contribution in [0.5, 0.6) is 0 Å². The van der Waals surface area contributed by atoms with Gasteiger partial charge in [0.1, 0.15) is 61.0 Å². The van der Waals surface area contributed by atoms with Gasteiger partial charge in [0.2, 0.25) is 0 Å². The minimum Gasteiger partial charge on any atom is -0.388 e. The Kier molecular flexibility index (Phi) is 12.8. The van der Waals surface area contributed by atoms with Crippen LogP contribution in [0.4, 0.5) is 0 Å². The van der Waals surface area contributed by atoms with Gasteiger partial charge in [0.25, 0.3) is 0 Å². The molecular formula is C25H44O16. The fraction of sp³-hybridized carbons (Fsp3) is 0.920. The predicted molar refractivity (Wildman–Crippen MR) is 133 cm³/mol. The van der Waals surface area contributed by atoms with Crippen LogP contribution in [-0.2, 0) is 28.4 Å². The third kappa shape index (κ3) is 8.18. The fourth-order valence-electron chi connectivity index (χ4n) is 4.70. The molecule has 16 nitrogen and oxygen atoms in total. The lowest BCUT2D eigenvalue weighted by molar-refractivity contribution is -0.438. The summed E-state index contributed by atoms with van der Waals surface area (Å²) in [6.45, 7) is 3.89. The number of hydrogen-bond donors (Lipinski definition) is 10. The highest BCUT2D eigenvalue weighted by atomic mass is 16.8. The van der Waals surface area contributed by atoms with Gasteiger partial charge in [-0.05, 0) is 6.42 Å². The van der Waals surface area contributed by atoms with Crippen LogP contribution in [0.25, 0.3) is 0 Å². The molecule has 6 unspecified atom stereocenters. The minimum atomic E-state index is -2.79. The van der Waals surface area contributed by atoms with Gasteiger partial charge in [0.05, 0.1) is 25.9 Å². The molecule has 3 heterocycles. The van der Waals surface area contributed by atoms with E-state index in [-0.39, 0.29) is 0 Å². The molecule has 0 aromatic heterocycles. The van der Waals surface area contributed by atoms with Gasteiger partial charge in [0, 0.05) is 0 Å². The molecule has 0 spiro atoms. The molecule has 3 fully saturated rings. The van der Waals surface area contributed by atoms with Crippen LogP contribution >= 0.6 is 0 Å². The highest BCUT2D eigenvalue weighted by Crippen LogP contribution is 2.30. The molecule has 0 aliphatic carbocycles. The summed E-state index contributed by atoms with van der Waals surface area (Å²) in [6, 6.07) is 0. The molecule has 3 rings (SSSR count). The molecule has 0 amide bonds. The minimum absolute atomic E-state index is 0.503. The van der Waals surface area contributed by atoms with Crippen LogP contribution < -0.4 is 0 Å². The Hall–Kier alpha value is -0.900. The average molecular weight is 601 g/mol. The number of ether oxygens (including phenoxy) is 6. The van der Waals surface area contributed by atoms with Crippen molar-refractivity contribution in [1.29, 1.82) is 0 Å². The van der Waals surface area contributed by atoms with Crippen molar-refractivity contribution in [3.8, 4) is 0 Å². The first-order chi connectivity index (χ1) is 19.3. The van der Waals surface area contributed by atoms with Crippen LogP contribution in [0.3, 0.4) is 0 Å². The zero-order valence-corrected chi connectivity index (χ0v) is 22.7. The maximum absolute atomic E-state index is 10.4. The zero-order chi connectivity index (χ0) is 30.5. The molecule has 240 valence electrons. The van der Waals surface area contributed by atoms with Crippen LogP contribution in [-0.4, -0.2) is 163 Å². The Bertz CT molecular complexity index is 806. The molecular weight excluding hydrogens is 556 g/mol. The summed E-state index contributed by atoms with van der Waals surface area (Å²) < 4.78 is 32.4. The van der Waals surface area contributed by atoms with Gasteiger partial charge in [0.15, 0.2) is 18.7 Å². The van der Waals surface area contributed by atoms with Crippen LogP contribution in [0.2, 0.25) is 0 Å².